The van der Waals surface area contributed by atoms with Gasteiger partial charge in [-0.05, 0) is 44.7 Å². The second-order valence-corrected chi connectivity index (χ2v) is 7.11. The van der Waals surface area contributed by atoms with Gasteiger partial charge < -0.3 is 9.47 Å². The van der Waals surface area contributed by atoms with Crippen molar-refractivity contribution in [2.75, 3.05) is 11.4 Å². The predicted octanol–water partition coefficient (Wildman–Crippen LogP) is 3.26. The van der Waals surface area contributed by atoms with Gasteiger partial charge in [0.2, 0.25) is 5.95 Å². The lowest BCUT2D eigenvalue weighted by Crippen LogP contribution is -2.46. The molecule has 1 fully saturated rings. The zero-order valence-corrected chi connectivity index (χ0v) is 14.5. The molecule has 2 aliphatic rings. The van der Waals surface area contributed by atoms with Crippen LogP contribution in [0.2, 0.25) is 0 Å². The number of rotatable bonds is 2. The van der Waals surface area contributed by atoms with Crippen molar-refractivity contribution in [3.63, 3.8) is 0 Å². The normalized spacial score (nSPS) is 19.3. The average Bonchev–Trinajstić information content (AvgIpc) is 3.17. The first-order valence-corrected chi connectivity index (χ1v) is 8.90. The van der Waals surface area contributed by atoms with Gasteiger partial charge in [-0.1, -0.05) is 0 Å². The number of aromatic nitrogens is 4. The first-order valence-electron chi connectivity index (χ1n) is 8.90. The van der Waals surface area contributed by atoms with Crippen LogP contribution in [0, 0.1) is 5.82 Å². The van der Waals surface area contributed by atoms with Crippen LogP contribution in [-0.2, 0) is 19.9 Å². The van der Waals surface area contributed by atoms with Gasteiger partial charge in [0, 0.05) is 37.0 Å². The van der Waals surface area contributed by atoms with E-state index >= 15 is 0 Å². The molecule has 0 unspecified atom stereocenters. The quantitative estimate of drug-likeness (QED) is 0.720. The van der Waals surface area contributed by atoms with Crippen molar-refractivity contribution >= 4 is 17.0 Å². The summed E-state index contributed by atoms with van der Waals surface area (Å²) in [7, 11) is 1.97. The van der Waals surface area contributed by atoms with E-state index in [1.54, 1.807) is 6.07 Å². The van der Waals surface area contributed by atoms with Gasteiger partial charge in [0.15, 0.2) is 5.82 Å². The lowest BCUT2D eigenvalue weighted by molar-refractivity contribution is 0.470. The molecule has 1 atom stereocenters. The molecule has 3 heterocycles. The van der Waals surface area contributed by atoms with Crippen molar-refractivity contribution in [2.24, 2.45) is 7.05 Å². The summed E-state index contributed by atoms with van der Waals surface area (Å²) in [5.74, 6) is 1.35. The molecule has 0 N–H and O–H groups in total. The molecule has 0 saturated carbocycles. The smallest absolute Gasteiger partial charge is 0.226 e. The monoisotopic (exact) mass is 337 g/mol. The summed E-state index contributed by atoms with van der Waals surface area (Å²) in [5.41, 5.74) is 4.85. The Morgan fingerprint density at radius 3 is 2.80 bits per heavy atom. The van der Waals surface area contributed by atoms with E-state index in [1.165, 1.54) is 24.1 Å². The highest BCUT2D eigenvalue weighted by Crippen LogP contribution is 2.34. The number of halogens is 1. The van der Waals surface area contributed by atoms with Crippen LogP contribution in [0.15, 0.2) is 18.2 Å². The number of anilines is 1. The summed E-state index contributed by atoms with van der Waals surface area (Å²) in [4.78, 5) is 16.7. The van der Waals surface area contributed by atoms with E-state index in [1.807, 2.05) is 11.6 Å². The summed E-state index contributed by atoms with van der Waals surface area (Å²) in [6.07, 6.45) is 4.27. The van der Waals surface area contributed by atoms with Gasteiger partial charge >= 0.3 is 0 Å². The van der Waals surface area contributed by atoms with E-state index in [9.17, 15) is 4.39 Å². The third kappa shape index (κ3) is 2.16. The van der Waals surface area contributed by atoms with Crippen molar-refractivity contribution in [1.82, 2.24) is 19.5 Å². The Morgan fingerprint density at radius 1 is 1.16 bits per heavy atom. The van der Waals surface area contributed by atoms with Crippen molar-refractivity contribution in [3.8, 4) is 11.5 Å². The highest BCUT2D eigenvalue weighted by Gasteiger charge is 2.30. The number of fused-ring (bicyclic) bond motifs is 2. The molecule has 0 amide bonds. The van der Waals surface area contributed by atoms with E-state index in [-0.39, 0.29) is 5.82 Å². The van der Waals surface area contributed by atoms with E-state index in [0.29, 0.717) is 11.6 Å². The standard InChI is InChI=1S/C19H20FN5/c1-11-8-9-25(11)19-22-14-5-3-4-13(14)17(23-19)18-21-15-10-12(20)6-7-16(15)24(18)2/h6-7,10-11H,3-5,8-9H2,1-2H3/t11-/m0/s1. The first kappa shape index (κ1) is 14.8. The minimum atomic E-state index is -0.264. The molecule has 1 saturated heterocycles. The van der Waals surface area contributed by atoms with Crippen molar-refractivity contribution in [2.45, 2.75) is 38.6 Å². The summed E-state index contributed by atoms with van der Waals surface area (Å²) in [6.45, 7) is 3.21. The van der Waals surface area contributed by atoms with Crippen LogP contribution in [0.3, 0.4) is 0 Å². The van der Waals surface area contributed by atoms with Gasteiger partial charge in [-0.3, -0.25) is 0 Å². The fourth-order valence-electron chi connectivity index (χ4n) is 3.93. The molecule has 0 spiro atoms. The molecule has 128 valence electrons. The Hall–Kier alpha value is -2.50. The second-order valence-electron chi connectivity index (χ2n) is 7.11. The van der Waals surface area contributed by atoms with Crippen LogP contribution < -0.4 is 4.90 Å². The van der Waals surface area contributed by atoms with E-state index in [0.717, 1.165) is 54.5 Å². The molecule has 5 nitrogen and oxygen atoms in total. The maximum absolute atomic E-state index is 13.6. The van der Waals surface area contributed by atoms with Gasteiger partial charge in [-0.2, -0.15) is 0 Å². The van der Waals surface area contributed by atoms with Gasteiger partial charge in [0.1, 0.15) is 11.5 Å². The molecule has 6 heteroatoms. The second kappa shape index (κ2) is 5.25. The molecule has 1 aromatic carbocycles. The van der Waals surface area contributed by atoms with Gasteiger partial charge in [0.25, 0.3) is 0 Å². The number of aryl methyl sites for hydroxylation is 2. The molecule has 0 radical (unpaired) electrons. The molecule has 0 bridgehead atoms. The third-order valence-corrected chi connectivity index (χ3v) is 5.55. The van der Waals surface area contributed by atoms with Crippen LogP contribution in [0.5, 0.6) is 0 Å². The maximum atomic E-state index is 13.6. The van der Waals surface area contributed by atoms with Crippen LogP contribution in [0.25, 0.3) is 22.6 Å². The van der Waals surface area contributed by atoms with Crippen molar-refractivity contribution < 1.29 is 4.39 Å². The SMILES string of the molecule is C[C@H]1CCN1c1nc2c(c(-c3nc4cc(F)ccc4n3C)n1)CCC2. The number of benzene rings is 1. The molecule has 2 aromatic heterocycles. The lowest BCUT2D eigenvalue weighted by Gasteiger charge is -2.39. The first-order chi connectivity index (χ1) is 12.1. The van der Waals surface area contributed by atoms with E-state index < -0.39 is 0 Å². The minimum Gasteiger partial charge on any atom is -0.338 e. The maximum Gasteiger partial charge on any atom is 0.226 e. The zero-order chi connectivity index (χ0) is 17.1. The predicted molar refractivity (Wildman–Crippen MR) is 95.1 cm³/mol. The molecule has 3 aromatic rings. The Balaban J connectivity index is 1.72. The minimum absolute atomic E-state index is 0.264. The van der Waals surface area contributed by atoms with E-state index in [4.69, 9.17) is 15.0 Å². The fourth-order valence-corrected chi connectivity index (χ4v) is 3.93. The Kier molecular flexibility index (Phi) is 3.11. The zero-order valence-electron chi connectivity index (χ0n) is 14.5. The van der Waals surface area contributed by atoms with Crippen LogP contribution >= 0.6 is 0 Å². The number of nitrogens with zero attached hydrogens (tertiary/aromatic N) is 5. The fraction of sp³-hybridized carbons (Fsp3) is 0.421. The summed E-state index contributed by atoms with van der Waals surface area (Å²) < 4.78 is 15.6. The number of imidazole rings is 1. The van der Waals surface area contributed by atoms with Gasteiger partial charge in [-0.25, -0.2) is 19.3 Å². The lowest BCUT2D eigenvalue weighted by atomic mass is 10.1. The Labute approximate surface area is 145 Å². The van der Waals surface area contributed by atoms with Crippen molar-refractivity contribution in [3.05, 3.63) is 35.3 Å². The third-order valence-electron chi connectivity index (χ3n) is 5.55. The molecular weight excluding hydrogens is 317 g/mol. The topological polar surface area (TPSA) is 46.8 Å². The number of hydrogen-bond acceptors (Lipinski definition) is 4. The highest BCUT2D eigenvalue weighted by molar-refractivity contribution is 5.80. The van der Waals surface area contributed by atoms with Crippen LogP contribution in [0.4, 0.5) is 10.3 Å². The average molecular weight is 337 g/mol. The molecule has 1 aliphatic heterocycles. The highest BCUT2D eigenvalue weighted by atomic mass is 19.1. The summed E-state index contributed by atoms with van der Waals surface area (Å²) >= 11 is 0. The molecule has 1 aliphatic carbocycles. The van der Waals surface area contributed by atoms with Gasteiger partial charge in [-0.15, -0.1) is 0 Å². The Bertz CT molecular complexity index is 993. The van der Waals surface area contributed by atoms with Gasteiger partial charge in [0.05, 0.1) is 11.0 Å². The number of hydrogen-bond donors (Lipinski definition) is 0. The van der Waals surface area contributed by atoms with Crippen LogP contribution in [0.1, 0.15) is 31.0 Å². The van der Waals surface area contributed by atoms with Crippen molar-refractivity contribution in [1.29, 1.82) is 0 Å². The summed E-state index contributed by atoms with van der Waals surface area (Å²) in [5, 5.41) is 0. The molecular formula is C19H20FN5. The summed E-state index contributed by atoms with van der Waals surface area (Å²) in [6, 6.07) is 5.23. The largest absolute Gasteiger partial charge is 0.338 e. The molecule has 5 rings (SSSR count). The molecule has 25 heavy (non-hydrogen) atoms. The van der Waals surface area contributed by atoms with E-state index in [2.05, 4.69) is 11.8 Å². The Morgan fingerprint density at radius 2 is 2.04 bits per heavy atom. The van der Waals surface area contributed by atoms with Crippen LogP contribution in [-0.4, -0.2) is 32.1 Å².